The standard InChI is InChI=1S/C15H23NO2/c1-5-10-15(2,3)16-14(17)11-12-6-8-13(18-4)9-7-12/h6-9H,5,10-11H2,1-4H3,(H,16,17). The molecule has 0 saturated heterocycles. The SMILES string of the molecule is CCCC(C)(C)NC(=O)Cc1ccc(OC)cc1. The maximum atomic E-state index is 11.9. The molecule has 0 fully saturated rings. The van der Waals surface area contributed by atoms with Crippen LogP contribution in [0, 0.1) is 0 Å². The van der Waals surface area contributed by atoms with Crippen molar-refractivity contribution in [1.82, 2.24) is 5.32 Å². The highest BCUT2D eigenvalue weighted by molar-refractivity contribution is 5.79. The number of ether oxygens (including phenoxy) is 1. The highest BCUT2D eigenvalue weighted by Gasteiger charge is 2.18. The summed E-state index contributed by atoms with van der Waals surface area (Å²) in [6, 6.07) is 7.59. The van der Waals surface area contributed by atoms with E-state index in [1.165, 1.54) is 0 Å². The molecule has 0 aliphatic carbocycles. The van der Waals surface area contributed by atoms with E-state index in [4.69, 9.17) is 4.74 Å². The van der Waals surface area contributed by atoms with Gasteiger partial charge in [0.2, 0.25) is 5.91 Å². The van der Waals surface area contributed by atoms with Gasteiger partial charge in [-0.15, -0.1) is 0 Å². The molecule has 18 heavy (non-hydrogen) atoms. The molecule has 3 nitrogen and oxygen atoms in total. The van der Waals surface area contributed by atoms with Crippen molar-refractivity contribution in [2.45, 2.75) is 45.6 Å². The molecule has 1 N–H and O–H groups in total. The smallest absolute Gasteiger partial charge is 0.224 e. The first-order valence-corrected chi connectivity index (χ1v) is 6.41. The molecule has 1 aromatic rings. The van der Waals surface area contributed by atoms with Crippen LogP contribution in [0.5, 0.6) is 5.75 Å². The summed E-state index contributed by atoms with van der Waals surface area (Å²) in [6.07, 6.45) is 2.47. The van der Waals surface area contributed by atoms with Gasteiger partial charge in [0.1, 0.15) is 5.75 Å². The summed E-state index contributed by atoms with van der Waals surface area (Å²) in [6.45, 7) is 6.24. The molecule has 0 heterocycles. The lowest BCUT2D eigenvalue weighted by atomic mass is 9.98. The Morgan fingerprint density at radius 2 is 1.89 bits per heavy atom. The third-order valence-corrected chi connectivity index (χ3v) is 2.88. The van der Waals surface area contributed by atoms with Crippen LogP contribution in [0.2, 0.25) is 0 Å². The van der Waals surface area contributed by atoms with Crippen molar-refractivity contribution in [3.63, 3.8) is 0 Å². The molecule has 3 heteroatoms. The van der Waals surface area contributed by atoms with E-state index in [-0.39, 0.29) is 11.4 Å². The van der Waals surface area contributed by atoms with Crippen molar-refractivity contribution in [3.05, 3.63) is 29.8 Å². The minimum Gasteiger partial charge on any atom is -0.497 e. The normalized spacial score (nSPS) is 11.1. The number of amides is 1. The number of nitrogens with one attached hydrogen (secondary N) is 1. The summed E-state index contributed by atoms with van der Waals surface area (Å²) < 4.78 is 5.09. The second-order valence-corrected chi connectivity index (χ2v) is 5.21. The summed E-state index contributed by atoms with van der Waals surface area (Å²) in [4.78, 5) is 11.9. The molecule has 0 unspecified atom stereocenters. The van der Waals surface area contributed by atoms with Crippen LogP contribution >= 0.6 is 0 Å². The molecule has 0 aromatic heterocycles. The van der Waals surface area contributed by atoms with Crippen molar-refractivity contribution < 1.29 is 9.53 Å². The van der Waals surface area contributed by atoms with E-state index < -0.39 is 0 Å². The topological polar surface area (TPSA) is 38.3 Å². The molecule has 0 atom stereocenters. The average molecular weight is 249 g/mol. The largest absolute Gasteiger partial charge is 0.497 e. The third-order valence-electron chi connectivity index (χ3n) is 2.88. The Hall–Kier alpha value is -1.51. The summed E-state index contributed by atoms with van der Waals surface area (Å²) in [5, 5.41) is 3.06. The van der Waals surface area contributed by atoms with Crippen LogP contribution < -0.4 is 10.1 Å². The van der Waals surface area contributed by atoms with Gasteiger partial charge in [0, 0.05) is 5.54 Å². The minimum atomic E-state index is -0.127. The van der Waals surface area contributed by atoms with Crippen LogP contribution in [0.4, 0.5) is 0 Å². The quantitative estimate of drug-likeness (QED) is 0.841. The number of carbonyl (C=O) groups excluding carboxylic acids is 1. The fraction of sp³-hybridized carbons (Fsp3) is 0.533. The number of methoxy groups -OCH3 is 1. The number of benzene rings is 1. The van der Waals surface area contributed by atoms with Crippen LogP contribution in [0.1, 0.15) is 39.2 Å². The van der Waals surface area contributed by atoms with Crippen LogP contribution in [-0.2, 0) is 11.2 Å². The van der Waals surface area contributed by atoms with Crippen LogP contribution in [0.25, 0.3) is 0 Å². The lowest BCUT2D eigenvalue weighted by Crippen LogP contribution is -2.43. The Morgan fingerprint density at radius 3 is 2.39 bits per heavy atom. The lowest BCUT2D eigenvalue weighted by molar-refractivity contribution is -0.122. The summed E-state index contributed by atoms with van der Waals surface area (Å²) in [7, 11) is 1.63. The fourth-order valence-electron chi connectivity index (χ4n) is 2.04. The highest BCUT2D eigenvalue weighted by Crippen LogP contribution is 2.13. The number of carbonyl (C=O) groups is 1. The van der Waals surface area contributed by atoms with Gasteiger partial charge in [-0.1, -0.05) is 25.5 Å². The van der Waals surface area contributed by atoms with Gasteiger partial charge in [0.25, 0.3) is 0 Å². The van der Waals surface area contributed by atoms with Crippen molar-refractivity contribution >= 4 is 5.91 Å². The molecule has 1 rings (SSSR count). The first kappa shape index (κ1) is 14.6. The minimum absolute atomic E-state index is 0.0682. The number of hydrogen-bond donors (Lipinski definition) is 1. The molecule has 1 amide bonds. The molecule has 0 spiro atoms. The van der Waals surface area contributed by atoms with Crippen LogP contribution in [0.3, 0.4) is 0 Å². The van der Waals surface area contributed by atoms with Crippen molar-refractivity contribution in [2.75, 3.05) is 7.11 Å². The van der Waals surface area contributed by atoms with E-state index in [0.717, 1.165) is 24.2 Å². The van der Waals surface area contributed by atoms with Gasteiger partial charge in [-0.3, -0.25) is 4.79 Å². The Morgan fingerprint density at radius 1 is 1.28 bits per heavy atom. The zero-order valence-corrected chi connectivity index (χ0v) is 11.7. The molecule has 0 saturated carbocycles. The first-order valence-electron chi connectivity index (χ1n) is 6.41. The van der Waals surface area contributed by atoms with Gasteiger partial charge < -0.3 is 10.1 Å². The van der Waals surface area contributed by atoms with E-state index in [1.807, 2.05) is 24.3 Å². The second kappa shape index (κ2) is 6.43. The van der Waals surface area contributed by atoms with E-state index in [1.54, 1.807) is 7.11 Å². The molecule has 0 aliphatic rings. The van der Waals surface area contributed by atoms with E-state index >= 15 is 0 Å². The molecular weight excluding hydrogens is 226 g/mol. The molecule has 1 aromatic carbocycles. The predicted molar refractivity (Wildman–Crippen MR) is 73.8 cm³/mol. The zero-order valence-electron chi connectivity index (χ0n) is 11.7. The number of rotatable bonds is 6. The Labute approximate surface area is 110 Å². The van der Waals surface area contributed by atoms with Gasteiger partial charge in [0.05, 0.1) is 13.5 Å². The Kier molecular flexibility index (Phi) is 5.20. The Balaban J connectivity index is 2.53. The maximum absolute atomic E-state index is 11.9. The van der Waals surface area contributed by atoms with Gasteiger partial charge in [0.15, 0.2) is 0 Å². The second-order valence-electron chi connectivity index (χ2n) is 5.21. The van der Waals surface area contributed by atoms with Gasteiger partial charge in [-0.05, 0) is 38.0 Å². The molecule has 100 valence electrons. The van der Waals surface area contributed by atoms with Crippen molar-refractivity contribution in [2.24, 2.45) is 0 Å². The maximum Gasteiger partial charge on any atom is 0.224 e. The van der Waals surface area contributed by atoms with Crippen molar-refractivity contribution in [3.8, 4) is 5.75 Å². The van der Waals surface area contributed by atoms with Gasteiger partial charge in [-0.25, -0.2) is 0 Å². The van der Waals surface area contributed by atoms with Crippen LogP contribution in [0.15, 0.2) is 24.3 Å². The fourth-order valence-corrected chi connectivity index (χ4v) is 2.04. The zero-order chi connectivity index (χ0) is 13.6. The summed E-state index contributed by atoms with van der Waals surface area (Å²) in [5.41, 5.74) is 0.874. The Bertz CT molecular complexity index is 382. The van der Waals surface area contributed by atoms with Crippen molar-refractivity contribution in [1.29, 1.82) is 0 Å². The summed E-state index contributed by atoms with van der Waals surface area (Å²) >= 11 is 0. The average Bonchev–Trinajstić information content (AvgIpc) is 2.28. The monoisotopic (exact) mass is 249 g/mol. The molecule has 0 radical (unpaired) electrons. The molecule has 0 aliphatic heterocycles. The highest BCUT2D eigenvalue weighted by atomic mass is 16.5. The first-order chi connectivity index (χ1) is 8.46. The van der Waals surface area contributed by atoms with E-state index in [2.05, 4.69) is 26.1 Å². The van der Waals surface area contributed by atoms with Crippen LogP contribution in [-0.4, -0.2) is 18.6 Å². The molecule has 0 bridgehead atoms. The third kappa shape index (κ3) is 4.78. The molecular formula is C15H23NO2. The van der Waals surface area contributed by atoms with E-state index in [0.29, 0.717) is 6.42 Å². The number of hydrogen-bond acceptors (Lipinski definition) is 2. The van der Waals surface area contributed by atoms with Gasteiger partial charge in [-0.2, -0.15) is 0 Å². The summed E-state index contributed by atoms with van der Waals surface area (Å²) in [5.74, 6) is 0.879. The lowest BCUT2D eigenvalue weighted by Gasteiger charge is -2.25. The van der Waals surface area contributed by atoms with E-state index in [9.17, 15) is 4.79 Å². The predicted octanol–water partition coefficient (Wildman–Crippen LogP) is 2.93. The van der Waals surface area contributed by atoms with Gasteiger partial charge >= 0.3 is 0 Å².